The number of nitrogens with zero attached hydrogens (tertiary/aromatic N) is 1. The van der Waals surface area contributed by atoms with Gasteiger partial charge in [0.05, 0.1) is 24.5 Å². The van der Waals surface area contributed by atoms with Crippen molar-refractivity contribution >= 4 is 27.8 Å². The lowest BCUT2D eigenvalue weighted by Crippen LogP contribution is -2.43. The number of rotatable bonds is 2. The Morgan fingerprint density at radius 3 is 2.80 bits per heavy atom. The molecule has 2 aromatic heterocycles. The summed E-state index contributed by atoms with van der Waals surface area (Å²) in [7, 11) is 1.32. The van der Waals surface area contributed by atoms with E-state index in [0.717, 1.165) is 21.8 Å². The molecule has 0 unspecified atom stereocenters. The zero-order valence-corrected chi connectivity index (χ0v) is 11.3. The van der Waals surface area contributed by atoms with Crippen LogP contribution in [-0.2, 0) is 15.1 Å². The molecule has 1 aromatic carbocycles. The van der Waals surface area contributed by atoms with Crippen LogP contribution in [0.4, 0.5) is 0 Å². The summed E-state index contributed by atoms with van der Waals surface area (Å²) in [6.45, 7) is 1.60. The number of pyridine rings is 1. The van der Waals surface area contributed by atoms with Crippen LogP contribution in [0.1, 0.15) is 12.6 Å². The van der Waals surface area contributed by atoms with E-state index in [0.29, 0.717) is 5.69 Å². The lowest BCUT2D eigenvalue weighted by Gasteiger charge is -2.20. The zero-order valence-electron chi connectivity index (χ0n) is 11.3. The van der Waals surface area contributed by atoms with E-state index in [4.69, 9.17) is 10.5 Å². The molecule has 5 nitrogen and oxygen atoms in total. The van der Waals surface area contributed by atoms with Gasteiger partial charge in [-0.2, -0.15) is 0 Å². The van der Waals surface area contributed by atoms with E-state index >= 15 is 0 Å². The highest BCUT2D eigenvalue weighted by atomic mass is 16.5. The molecular formula is C15H15N3O2. The largest absolute Gasteiger partial charge is 0.467 e. The zero-order chi connectivity index (χ0) is 14.3. The van der Waals surface area contributed by atoms with Crippen molar-refractivity contribution in [2.75, 3.05) is 7.11 Å². The predicted octanol–water partition coefficient (Wildman–Crippen LogP) is 2.06. The monoisotopic (exact) mass is 269 g/mol. The Hall–Kier alpha value is -2.40. The van der Waals surface area contributed by atoms with Crippen LogP contribution in [0, 0.1) is 0 Å². The second-order valence-electron chi connectivity index (χ2n) is 4.98. The molecule has 0 radical (unpaired) electrons. The average Bonchev–Trinajstić information content (AvgIpc) is 2.84. The average molecular weight is 269 g/mol. The number of hydrogen-bond donors (Lipinski definition) is 2. The normalized spacial score (nSPS) is 14.3. The van der Waals surface area contributed by atoms with Crippen LogP contribution in [0.5, 0.6) is 0 Å². The molecule has 0 aliphatic carbocycles. The fourth-order valence-corrected chi connectivity index (χ4v) is 2.35. The van der Waals surface area contributed by atoms with Gasteiger partial charge in [-0.05, 0) is 19.1 Å². The Kier molecular flexibility index (Phi) is 2.72. The Labute approximate surface area is 115 Å². The first-order chi connectivity index (χ1) is 9.54. The van der Waals surface area contributed by atoms with Crippen molar-refractivity contribution in [3.8, 4) is 0 Å². The molecule has 0 aliphatic heterocycles. The number of nitrogens with one attached hydrogen (secondary N) is 1. The van der Waals surface area contributed by atoms with Gasteiger partial charge in [0, 0.05) is 16.3 Å². The molecule has 0 saturated heterocycles. The number of fused-ring (bicyclic) bond motifs is 3. The summed E-state index contributed by atoms with van der Waals surface area (Å²) >= 11 is 0. The quantitative estimate of drug-likeness (QED) is 0.698. The van der Waals surface area contributed by atoms with Crippen LogP contribution in [-0.4, -0.2) is 23.0 Å². The van der Waals surface area contributed by atoms with Crippen molar-refractivity contribution in [1.29, 1.82) is 0 Å². The molecule has 0 bridgehead atoms. The van der Waals surface area contributed by atoms with Gasteiger partial charge >= 0.3 is 5.97 Å². The van der Waals surface area contributed by atoms with E-state index in [2.05, 4.69) is 9.97 Å². The number of esters is 1. The number of H-pyrrole nitrogens is 1. The van der Waals surface area contributed by atoms with Crippen LogP contribution in [0.15, 0.2) is 36.5 Å². The Bertz CT molecular complexity index is 805. The summed E-state index contributed by atoms with van der Waals surface area (Å²) < 4.78 is 4.74. The molecule has 1 atom stereocenters. The van der Waals surface area contributed by atoms with E-state index in [1.165, 1.54) is 7.11 Å². The number of aromatic amines is 1. The van der Waals surface area contributed by atoms with Gasteiger partial charge in [-0.3, -0.25) is 4.98 Å². The summed E-state index contributed by atoms with van der Waals surface area (Å²) in [5.41, 5.74) is 7.21. The Morgan fingerprint density at radius 1 is 1.30 bits per heavy atom. The molecule has 0 saturated carbocycles. The summed E-state index contributed by atoms with van der Waals surface area (Å²) in [4.78, 5) is 19.3. The molecule has 0 aliphatic rings. The van der Waals surface area contributed by atoms with E-state index in [1.54, 1.807) is 13.1 Å². The van der Waals surface area contributed by atoms with Crippen LogP contribution in [0.25, 0.3) is 21.8 Å². The third kappa shape index (κ3) is 1.75. The smallest absolute Gasteiger partial charge is 0.331 e. The number of para-hydroxylation sites is 1. The maximum absolute atomic E-state index is 11.8. The van der Waals surface area contributed by atoms with Gasteiger partial charge in [-0.25, -0.2) is 4.79 Å². The standard InChI is InChI=1S/C15H15N3O2/c1-15(16,14(19)20-2)13-7-10-9-5-3-4-6-11(9)18-12(10)8-17-13/h3-8,18H,16H2,1-2H3/t15-/m1/s1. The third-order valence-electron chi connectivity index (χ3n) is 3.53. The molecular weight excluding hydrogens is 254 g/mol. The fraction of sp³-hybridized carbons (Fsp3) is 0.200. The van der Waals surface area contributed by atoms with E-state index < -0.39 is 11.5 Å². The lowest BCUT2D eigenvalue weighted by atomic mass is 9.97. The number of methoxy groups -OCH3 is 1. The molecule has 3 rings (SSSR count). The molecule has 3 N–H and O–H groups in total. The highest BCUT2D eigenvalue weighted by Crippen LogP contribution is 2.27. The summed E-state index contributed by atoms with van der Waals surface area (Å²) in [6, 6.07) is 9.79. The van der Waals surface area contributed by atoms with Gasteiger partial charge in [-0.1, -0.05) is 18.2 Å². The summed E-state index contributed by atoms with van der Waals surface area (Å²) in [5.74, 6) is -0.510. The van der Waals surface area contributed by atoms with Crippen molar-refractivity contribution < 1.29 is 9.53 Å². The van der Waals surface area contributed by atoms with Gasteiger partial charge in [0.2, 0.25) is 0 Å². The Balaban J connectivity index is 2.24. The van der Waals surface area contributed by atoms with Crippen molar-refractivity contribution in [3.63, 3.8) is 0 Å². The number of benzene rings is 1. The minimum Gasteiger partial charge on any atom is -0.467 e. The fourth-order valence-electron chi connectivity index (χ4n) is 2.35. The molecule has 0 fully saturated rings. The van der Waals surface area contributed by atoms with Crippen molar-refractivity contribution in [3.05, 3.63) is 42.2 Å². The molecule has 102 valence electrons. The third-order valence-corrected chi connectivity index (χ3v) is 3.53. The van der Waals surface area contributed by atoms with Gasteiger partial charge < -0.3 is 15.5 Å². The van der Waals surface area contributed by atoms with Crippen LogP contribution >= 0.6 is 0 Å². The first-order valence-corrected chi connectivity index (χ1v) is 6.28. The van der Waals surface area contributed by atoms with Crippen molar-refractivity contribution in [2.45, 2.75) is 12.5 Å². The van der Waals surface area contributed by atoms with Crippen LogP contribution in [0.2, 0.25) is 0 Å². The van der Waals surface area contributed by atoms with Crippen LogP contribution in [0.3, 0.4) is 0 Å². The molecule has 0 spiro atoms. The number of hydrogen-bond acceptors (Lipinski definition) is 4. The maximum Gasteiger partial charge on any atom is 0.331 e. The lowest BCUT2D eigenvalue weighted by molar-refractivity contribution is -0.146. The molecule has 0 amide bonds. The molecule has 20 heavy (non-hydrogen) atoms. The number of carbonyl (C=O) groups is 1. The Morgan fingerprint density at radius 2 is 2.05 bits per heavy atom. The second kappa shape index (κ2) is 4.31. The predicted molar refractivity (Wildman–Crippen MR) is 77.2 cm³/mol. The van der Waals surface area contributed by atoms with Crippen LogP contribution < -0.4 is 5.73 Å². The second-order valence-corrected chi connectivity index (χ2v) is 4.98. The van der Waals surface area contributed by atoms with E-state index in [-0.39, 0.29) is 0 Å². The molecule has 5 heteroatoms. The van der Waals surface area contributed by atoms with E-state index in [1.807, 2.05) is 30.3 Å². The maximum atomic E-state index is 11.8. The van der Waals surface area contributed by atoms with Crippen molar-refractivity contribution in [1.82, 2.24) is 9.97 Å². The van der Waals surface area contributed by atoms with E-state index in [9.17, 15) is 4.79 Å². The summed E-state index contributed by atoms with van der Waals surface area (Å²) in [5, 5.41) is 2.07. The number of carbonyl (C=O) groups excluding carboxylic acids is 1. The minimum absolute atomic E-state index is 0.488. The van der Waals surface area contributed by atoms with Gasteiger partial charge in [0.1, 0.15) is 0 Å². The van der Waals surface area contributed by atoms with Gasteiger partial charge in [0.15, 0.2) is 5.54 Å². The topological polar surface area (TPSA) is 81.0 Å². The van der Waals surface area contributed by atoms with Crippen molar-refractivity contribution in [2.24, 2.45) is 5.73 Å². The minimum atomic E-state index is -1.26. The first kappa shape index (κ1) is 12.6. The summed E-state index contributed by atoms with van der Waals surface area (Å²) in [6.07, 6.45) is 1.69. The van der Waals surface area contributed by atoms with Gasteiger partial charge in [-0.15, -0.1) is 0 Å². The number of ether oxygens (including phenoxy) is 1. The first-order valence-electron chi connectivity index (χ1n) is 6.28. The number of aromatic nitrogens is 2. The SMILES string of the molecule is COC(=O)[C@](C)(N)c1cc2c(cn1)[nH]c1ccccc12. The number of nitrogens with two attached hydrogens (primary N) is 1. The highest BCUT2D eigenvalue weighted by molar-refractivity contribution is 6.07. The molecule has 2 heterocycles. The molecule has 3 aromatic rings. The van der Waals surface area contributed by atoms with Gasteiger partial charge in [0.25, 0.3) is 0 Å². The highest BCUT2D eigenvalue weighted by Gasteiger charge is 2.33.